The van der Waals surface area contributed by atoms with Crippen LogP contribution in [0.5, 0.6) is 0 Å². The van der Waals surface area contributed by atoms with Gasteiger partial charge < -0.3 is 5.32 Å². The molecule has 16 heavy (non-hydrogen) atoms. The van der Waals surface area contributed by atoms with Crippen molar-refractivity contribution in [3.8, 4) is 0 Å². The standard InChI is InChI=1S/C12H22F3N/c1-3-11(7-4-5-8-11)10(16-2)6-9-12(13,14)15/h10,16H,3-9H2,1-2H3. The highest BCUT2D eigenvalue weighted by molar-refractivity contribution is 4.93. The van der Waals surface area contributed by atoms with Gasteiger partial charge in [-0.3, -0.25) is 0 Å². The summed E-state index contributed by atoms with van der Waals surface area (Å²) < 4.78 is 36.7. The number of hydrogen-bond acceptors (Lipinski definition) is 1. The van der Waals surface area contributed by atoms with Crippen LogP contribution in [0.4, 0.5) is 13.2 Å². The smallest absolute Gasteiger partial charge is 0.316 e. The number of nitrogens with one attached hydrogen (secondary N) is 1. The molecule has 4 heteroatoms. The Morgan fingerprint density at radius 2 is 1.81 bits per heavy atom. The molecule has 1 fully saturated rings. The molecule has 0 spiro atoms. The molecule has 1 unspecified atom stereocenters. The van der Waals surface area contributed by atoms with E-state index < -0.39 is 12.6 Å². The third-order valence-corrected chi connectivity index (χ3v) is 4.11. The second kappa shape index (κ2) is 5.39. The zero-order valence-electron chi connectivity index (χ0n) is 10.2. The van der Waals surface area contributed by atoms with Gasteiger partial charge in [-0.25, -0.2) is 0 Å². The largest absolute Gasteiger partial charge is 0.389 e. The zero-order chi connectivity index (χ0) is 12.2. The van der Waals surface area contributed by atoms with E-state index in [9.17, 15) is 13.2 Å². The van der Waals surface area contributed by atoms with Gasteiger partial charge in [0.2, 0.25) is 0 Å². The van der Waals surface area contributed by atoms with Gasteiger partial charge in [0.1, 0.15) is 0 Å². The molecule has 0 aromatic rings. The van der Waals surface area contributed by atoms with Gasteiger partial charge in [-0.2, -0.15) is 13.2 Å². The predicted molar refractivity (Wildman–Crippen MR) is 59.3 cm³/mol. The topological polar surface area (TPSA) is 12.0 Å². The second-order valence-electron chi connectivity index (χ2n) is 4.92. The van der Waals surface area contributed by atoms with Crippen LogP contribution in [0.1, 0.15) is 51.9 Å². The van der Waals surface area contributed by atoms with Gasteiger partial charge in [-0.15, -0.1) is 0 Å². The van der Waals surface area contributed by atoms with Crippen LogP contribution in [0, 0.1) is 5.41 Å². The number of hydrogen-bond donors (Lipinski definition) is 1. The molecule has 1 N–H and O–H groups in total. The molecule has 96 valence electrons. The first-order valence-corrected chi connectivity index (χ1v) is 6.17. The fourth-order valence-electron chi connectivity index (χ4n) is 3.09. The van der Waals surface area contributed by atoms with Crippen molar-refractivity contribution in [2.75, 3.05) is 7.05 Å². The van der Waals surface area contributed by atoms with Gasteiger partial charge in [0, 0.05) is 12.5 Å². The molecule has 1 aliphatic rings. The van der Waals surface area contributed by atoms with Crippen molar-refractivity contribution in [1.82, 2.24) is 5.32 Å². The molecule has 0 aliphatic heterocycles. The lowest BCUT2D eigenvalue weighted by atomic mass is 9.74. The molecule has 0 saturated heterocycles. The Hall–Kier alpha value is -0.250. The molecule has 1 aliphatic carbocycles. The minimum atomic E-state index is -4.03. The van der Waals surface area contributed by atoms with Crippen molar-refractivity contribution < 1.29 is 13.2 Å². The maximum Gasteiger partial charge on any atom is 0.389 e. The van der Waals surface area contributed by atoms with Crippen molar-refractivity contribution >= 4 is 0 Å². The van der Waals surface area contributed by atoms with E-state index in [-0.39, 0.29) is 17.9 Å². The van der Waals surface area contributed by atoms with E-state index in [2.05, 4.69) is 12.2 Å². The van der Waals surface area contributed by atoms with Crippen molar-refractivity contribution in [3.05, 3.63) is 0 Å². The minimum absolute atomic E-state index is 0.0154. The van der Waals surface area contributed by atoms with Crippen LogP contribution >= 0.6 is 0 Å². The van der Waals surface area contributed by atoms with E-state index >= 15 is 0 Å². The second-order valence-corrected chi connectivity index (χ2v) is 4.92. The highest BCUT2D eigenvalue weighted by Crippen LogP contribution is 2.45. The quantitative estimate of drug-likeness (QED) is 0.765. The fourth-order valence-corrected chi connectivity index (χ4v) is 3.09. The lowest BCUT2D eigenvalue weighted by Crippen LogP contribution is -2.42. The zero-order valence-corrected chi connectivity index (χ0v) is 10.2. The predicted octanol–water partition coefficient (Wildman–Crippen LogP) is 3.89. The van der Waals surface area contributed by atoms with Gasteiger partial charge >= 0.3 is 6.18 Å². The fraction of sp³-hybridized carbons (Fsp3) is 1.00. The number of halogens is 3. The van der Waals surface area contributed by atoms with Crippen LogP contribution in [0.15, 0.2) is 0 Å². The summed E-state index contributed by atoms with van der Waals surface area (Å²) in [6.07, 6.45) is 0.989. The third-order valence-electron chi connectivity index (χ3n) is 4.11. The summed E-state index contributed by atoms with van der Waals surface area (Å²) in [4.78, 5) is 0. The summed E-state index contributed by atoms with van der Waals surface area (Å²) in [6.45, 7) is 2.10. The Morgan fingerprint density at radius 3 is 2.19 bits per heavy atom. The van der Waals surface area contributed by atoms with Gasteiger partial charge in [-0.05, 0) is 38.1 Å². The molecule has 0 bridgehead atoms. The Balaban J connectivity index is 2.58. The molecule has 0 heterocycles. The molecule has 0 amide bonds. The average Bonchev–Trinajstić information content (AvgIpc) is 2.67. The SMILES string of the molecule is CCC1(C(CCC(F)(F)F)NC)CCCC1. The summed E-state index contributed by atoms with van der Waals surface area (Å²) in [5.41, 5.74) is 0.111. The van der Waals surface area contributed by atoms with Crippen molar-refractivity contribution in [1.29, 1.82) is 0 Å². The van der Waals surface area contributed by atoms with Crippen LogP contribution in [0.3, 0.4) is 0 Å². The van der Waals surface area contributed by atoms with Gasteiger partial charge in [0.25, 0.3) is 0 Å². The van der Waals surface area contributed by atoms with Crippen molar-refractivity contribution in [2.45, 2.75) is 64.1 Å². The average molecular weight is 237 g/mol. The Morgan fingerprint density at radius 1 is 1.25 bits per heavy atom. The van der Waals surface area contributed by atoms with Crippen molar-refractivity contribution in [3.63, 3.8) is 0 Å². The first-order valence-electron chi connectivity index (χ1n) is 6.17. The highest BCUT2D eigenvalue weighted by Gasteiger charge is 2.40. The summed E-state index contributed by atoms with van der Waals surface area (Å²) >= 11 is 0. The van der Waals surface area contributed by atoms with Crippen LogP contribution in [-0.2, 0) is 0 Å². The van der Waals surface area contributed by atoms with Crippen LogP contribution in [0.25, 0.3) is 0 Å². The third kappa shape index (κ3) is 3.37. The molecule has 0 aromatic carbocycles. The maximum absolute atomic E-state index is 12.2. The normalized spacial score (nSPS) is 22.3. The molecule has 0 aromatic heterocycles. The Kier molecular flexibility index (Phi) is 4.65. The monoisotopic (exact) mass is 237 g/mol. The number of alkyl halides is 3. The van der Waals surface area contributed by atoms with E-state index in [0.717, 1.165) is 32.1 Å². The molecule has 1 nitrogen and oxygen atoms in total. The first kappa shape index (κ1) is 13.8. The van der Waals surface area contributed by atoms with Crippen LogP contribution in [-0.4, -0.2) is 19.3 Å². The maximum atomic E-state index is 12.2. The molecular weight excluding hydrogens is 215 g/mol. The van der Waals surface area contributed by atoms with Crippen molar-refractivity contribution in [2.24, 2.45) is 5.41 Å². The summed E-state index contributed by atoms with van der Waals surface area (Å²) in [5.74, 6) is 0. The molecule has 1 saturated carbocycles. The van der Waals surface area contributed by atoms with E-state index in [1.54, 1.807) is 7.05 Å². The lowest BCUT2D eigenvalue weighted by Gasteiger charge is -2.37. The highest BCUT2D eigenvalue weighted by atomic mass is 19.4. The van der Waals surface area contributed by atoms with E-state index in [4.69, 9.17) is 0 Å². The minimum Gasteiger partial charge on any atom is -0.316 e. The summed E-state index contributed by atoms with van der Waals surface area (Å²) in [5, 5.41) is 3.11. The molecule has 1 atom stereocenters. The first-order chi connectivity index (χ1) is 7.43. The van der Waals surface area contributed by atoms with Gasteiger partial charge in [0.15, 0.2) is 0 Å². The Bertz CT molecular complexity index is 207. The molecule has 0 radical (unpaired) electrons. The molecular formula is C12H22F3N. The van der Waals surface area contributed by atoms with E-state index in [1.165, 1.54) is 0 Å². The van der Waals surface area contributed by atoms with Crippen LogP contribution in [0.2, 0.25) is 0 Å². The summed E-state index contributed by atoms with van der Waals surface area (Å²) in [6, 6.07) is 0.0154. The van der Waals surface area contributed by atoms with Crippen LogP contribution < -0.4 is 5.32 Å². The lowest BCUT2D eigenvalue weighted by molar-refractivity contribution is -0.138. The van der Waals surface area contributed by atoms with E-state index in [0.29, 0.717) is 0 Å². The van der Waals surface area contributed by atoms with E-state index in [1.807, 2.05) is 0 Å². The Labute approximate surface area is 95.8 Å². The van der Waals surface area contributed by atoms with Gasteiger partial charge in [-0.1, -0.05) is 19.8 Å². The van der Waals surface area contributed by atoms with Gasteiger partial charge in [0.05, 0.1) is 0 Å². The molecule has 1 rings (SSSR count). The number of rotatable bonds is 5. The summed E-state index contributed by atoms with van der Waals surface area (Å²) in [7, 11) is 1.79.